The van der Waals surface area contributed by atoms with Crippen LogP contribution >= 0.6 is 23.2 Å². The minimum Gasteiger partial charge on any atom is -0.380 e. The zero-order valence-electron chi connectivity index (χ0n) is 9.38. The zero-order valence-corrected chi connectivity index (χ0v) is 10.9. The predicted molar refractivity (Wildman–Crippen MR) is 69.3 cm³/mol. The third-order valence-electron chi connectivity index (χ3n) is 2.18. The molecule has 0 bridgehead atoms. The molecule has 4 heteroatoms. The third kappa shape index (κ3) is 4.71. The van der Waals surface area contributed by atoms with E-state index in [1.54, 1.807) is 6.07 Å². The van der Waals surface area contributed by atoms with Crippen molar-refractivity contribution in [2.45, 2.75) is 25.8 Å². The molecule has 1 aromatic rings. The van der Waals surface area contributed by atoms with Gasteiger partial charge in [-0.3, -0.25) is 0 Å². The van der Waals surface area contributed by atoms with E-state index in [0.29, 0.717) is 23.1 Å². The number of hydrogen-bond donors (Lipinski definition) is 1. The quantitative estimate of drug-likeness (QED) is 0.798. The molecule has 1 rings (SSSR count). The van der Waals surface area contributed by atoms with E-state index in [-0.39, 0.29) is 6.04 Å². The summed E-state index contributed by atoms with van der Waals surface area (Å²) in [5.74, 6) is 0. The highest BCUT2D eigenvalue weighted by molar-refractivity contribution is 6.35. The van der Waals surface area contributed by atoms with Crippen LogP contribution in [0.2, 0.25) is 10.0 Å². The van der Waals surface area contributed by atoms with Gasteiger partial charge in [-0.15, -0.1) is 0 Å². The highest BCUT2D eigenvalue weighted by Gasteiger charge is 2.07. The lowest BCUT2D eigenvalue weighted by Crippen LogP contribution is -2.28. The van der Waals surface area contributed by atoms with Crippen molar-refractivity contribution in [3.05, 3.63) is 33.8 Å². The van der Waals surface area contributed by atoms with Crippen molar-refractivity contribution in [1.82, 2.24) is 0 Å². The average Bonchev–Trinajstić information content (AvgIpc) is 2.23. The van der Waals surface area contributed by atoms with E-state index in [1.807, 2.05) is 12.1 Å². The molecule has 0 saturated heterocycles. The molecule has 0 fully saturated rings. The summed E-state index contributed by atoms with van der Waals surface area (Å²) in [6.07, 6.45) is 1.72. The molecule has 0 amide bonds. The fraction of sp³-hybridized carbons (Fsp3) is 0.500. The van der Waals surface area contributed by atoms with Gasteiger partial charge in [0.05, 0.1) is 6.61 Å². The molecule has 0 aromatic heterocycles. The van der Waals surface area contributed by atoms with Crippen molar-refractivity contribution in [2.24, 2.45) is 5.73 Å². The highest BCUT2D eigenvalue weighted by Crippen LogP contribution is 2.21. The standard InChI is InChI=1S/C12H17Cl2NO/c1-2-5-16-8-11(15)6-9-3-4-10(13)7-12(9)14/h3-4,7,11H,2,5-6,8,15H2,1H3. The summed E-state index contributed by atoms with van der Waals surface area (Å²) >= 11 is 11.9. The maximum absolute atomic E-state index is 6.05. The van der Waals surface area contributed by atoms with Gasteiger partial charge < -0.3 is 10.5 Å². The van der Waals surface area contributed by atoms with Gasteiger partial charge in [0.2, 0.25) is 0 Å². The Morgan fingerprint density at radius 3 is 2.75 bits per heavy atom. The molecular weight excluding hydrogens is 245 g/mol. The molecule has 0 aliphatic heterocycles. The SMILES string of the molecule is CCCOCC(N)Cc1ccc(Cl)cc1Cl. The summed E-state index contributed by atoms with van der Waals surface area (Å²) in [5, 5.41) is 1.31. The molecule has 0 aliphatic rings. The van der Waals surface area contributed by atoms with Gasteiger partial charge in [-0.2, -0.15) is 0 Å². The van der Waals surface area contributed by atoms with Crippen LogP contribution < -0.4 is 5.73 Å². The van der Waals surface area contributed by atoms with Gasteiger partial charge in [0.15, 0.2) is 0 Å². The Labute approximate surface area is 107 Å². The molecule has 0 heterocycles. The van der Waals surface area contributed by atoms with Crippen molar-refractivity contribution in [3.8, 4) is 0 Å². The minimum atomic E-state index is -0.0229. The second-order valence-electron chi connectivity index (χ2n) is 3.77. The van der Waals surface area contributed by atoms with Crippen LogP contribution in [0.25, 0.3) is 0 Å². The molecular formula is C12H17Cl2NO. The molecule has 90 valence electrons. The van der Waals surface area contributed by atoms with Crippen molar-refractivity contribution < 1.29 is 4.74 Å². The Bertz CT molecular complexity index is 331. The summed E-state index contributed by atoms with van der Waals surface area (Å²) in [7, 11) is 0. The Kier molecular flexibility index (Phi) is 6.14. The van der Waals surface area contributed by atoms with Gasteiger partial charge in [-0.05, 0) is 30.5 Å². The fourth-order valence-corrected chi connectivity index (χ4v) is 1.89. The number of rotatable bonds is 6. The summed E-state index contributed by atoms with van der Waals surface area (Å²) in [5.41, 5.74) is 6.95. The van der Waals surface area contributed by atoms with Gasteiger partial charge in [-0.25, -0.2) is 0 Å². The van der Waals surface area contributed by atoms with Crippen LogP contribution in [0.5, 0.6) is 0 Å². The summed E-state index contributed by atoms with van der Waals surface area (Å²) < 4.78 is 5.39. The van der Waals surface area contributed by atoms with Crippen LogP contribution in [-0.2, 0) is 11.2 Å². The van der Waals surface area contributed by atoms with E-state index in [2.05, 4.69) is 6.92 Å². The molecule has 16 heavy (non-hydrogen) atoms. The van der Waals surface area contributed by atoms with Gasteiger partial charge in [0.25, 0.3) is 0 Å². The van der Waals surface area contributed by atoms with Crippen molar-refractivity contribution >= 4 is 23.2 Å². The Hall–Kier alpha value is -0.280. The van der Waals surface area contributed by atoms with Gasteiger partial charge in [-0.1, -0.05) is 36.2 Å². The normalized spacial score (nSPS) is 12.8. The van der Waals surface area contributed by atoms with E-state index in [9.17, 15) is 0 Å². The topological polar surface area (TPSA) is 35.2 Å². The molecule has 0 radical (unpaired) electrons. The maximum atomic E-state index is 6.05. The lowest BCUT2D eigenvalue weighted by Gasteiger charge is -2.13. The van der Waals surface area contributed by atoms with Crippen molar-refractivity contribution in [3.63, 3.8) is 0 Å². The van der Waals surface area contributed by atoms with E-state index in [0.717, 1.165) is 18.6 Å². The van der Waals surface area contributed by atoms with Crippen LogP contribution in [0, 0.1) is 0 Å². The lowest BCUT2D eigenvalue weighted by molar-refractivity contribution is 0.121. The number of nitrogens with two attached hydrogens (primary N) is 1. The largest absolute Gasteiger partial charge is 0.380 e. The first-order valence-corrected chi connectivity index (χ1v) is 6.16. The molecule has 0 spiro atoms. The van der Waals surface area contributed by atoms with Gasteiger partial charge in [0, 0.05) is 22.7 Å². The van der Waals surface area contributed by atoms with Crippen molar-refractivity contribution in [1.29, 1.82) is 0 Å². The minimum absolute atomic E-state index is 0.0229. The average molecular weight is 262 g/mol. The Morgan fingerprint density at radius 2 is 2.12 bits per heavy atom. The lowest BCUT2D eigenvalue weighted by atomic mass is 10.1. The second-order valence-corrected chi connectivity index (χ2v) is 4.62. The summed E-state index contributed by atoms with van der Waals surface area (Å²) in [6, 6.07) is 5.44. The number of halogens is 2. The highest BCUT2D eigenvalue weighted by atomic mass is 35.5. The zero-order chi connectivity index (χ0) is 12.0. The van der Waals surface area contributed by atoms with Crippen LogP contribution in [0.3, 0.4) is 0 Å². The van der Waals surface area contributed by atoms with E-state index in [4.69, 9.17) is 33.7 Å². The van der Waals surface area contributed by atoms with Gasteiger partial charge >= 0.3 is 0 Å². The number of benzene rings is 1. The van der Waals surface area contributed by atoms with Crippen molar-refractivity contribution in [2.75, 3.05) is 13.2 Å². The fourth-order valence-electron chi connectivity index (χ4n) is 1.41. The summed E-state index contributed by atoms with van der Waals surface area (Å²) in [4.78, 5) is 0. The van der Waals surface area contributed by atoms with Gasteiger partial charge in [0.1, 0.15) is 0 Å². The first-order chi connectivity index (χ1) is 7.63. The Morgan fingerprint density at radius 1 is 1.38 bits per heavy atom. The Balaban J connectivity index is 2.46. The monoisotopic (exact) mass is 261 g/mol. The molecule has 2 nitrogen and oxygen atoms in total. The number of ether oxygens (including phenoxy) is 1. The van der Waals surface area contributed by atoms with E-state index >= 15 is 0 Å². The van der Waals surface area contributed by atoms with E-state index < -0.39 is 0 Å². The van der Waals surface area contributed by atoms with E-state index in [1.165, 1.54) is 0 Å². The number of hydrogen-bond acceptors (Lipinski definition) is 2. The smallest absolute Gasteiger partial charge is 0.0620 e. The predicted octanol–water partition coefficient (Wildman–Crippen LogP) is 3.29. The summed E-state index contributed by atoms with van der Waals surface area (Å²) in [6.45, 7) is 3.39. The van der Waals surface area contributed by atoms with Crippen LogP contribution in [-0.4, -0.2) is 19.3 Å². The second kappa shape index (κ2) is 7.13. The first-order valence-electron chi connectivity index (χ1n) is 5.40. The van der Waals surface area contributed by atoms with Crippen LogP contribution in [0.4, 0.5) is 0 Å². The maximum Gasteiger partial charge on any atom is 0.0620 e. The molecule has 1 unspecified atom stereocenters. The molecule has 1 atom stereocenters. The van der Waals surface area contributed by atoms with Crippen LogP contribution in [0.15, 0.2) is 18.2 Å². The molecule has 1 aromatic carbocycles. The third-order valence-corrected chi connectivity index (χ3v) is 2.76. The molecule has 2 N–H and O–H groups in total. The molecule has 0 saturated carbocycles. The molecule has 0 aliphatic carbocycles. The first kappa shape index (κ1) is 13.8. The van der Waals surface area contributed by atoms with Crippen LogP contribution in [0.1, 0.15) is 18.9 Å².